The van der Waals surface area contributed by atoms with E-state index >= 15 is 0 Å². The van der Waals surface area contributed by atoms with Crippen LogP contribution in [0.15, 0.2) is 18.7 Å². The first-order chi connectivity index (χ1) is 8.66. The Morgan fingerprint density at radius 1 is 1.11 bits per heavy atom. The lowest BCUT2D eigenvalue weighted by atomic mass is 10.4. The molecule has 0 aliphatic rings. The molecule has 11 heteroatoms. The highest BCUT2D eigenvalue weighted by Gasteiger charge is 2.25. The first kappa shape index (κ1) is 16.5. The Balaban J connectivity index is 2.49. The molecule has 1 aromatic rings. The molecule has 0 aromatic carbocycles. The molecular weight excluding hydrogens is 296 g/mol. The summed E-state index contributed by atoms with van der Waals surface area (Å²) in [6.07, 6.45) is 4.09. The molecule has 0 aliphatic carbocycles. The lowest BCUT2D eigenvalue weighted by molar-refractivity contribution is 0.272. The smallest absolute Gasteiger partial charge is 0.337 e. The molecule has 110 valence electrons. The molecule has 1 aromatic heterocycles. The number of hydrogen-bond acceptors (Lipinski definition) is 4. The van der Waals surface area contributed by atoms with Gasteiger partial charge in [0.05, 0.1) is 6.33 Å². The van der Waals surface area contributed by atoms with Crippen molar-refractivity contribution >= 4 is 15.2 Å². The fourth-order valence-electron chi connectivity index (χ4n) is 1.60. The van der Waals surface area contributed by atoms with E-state index in [4.69, 9.17) is 19.6 Å². The Labute approximate surface area is 110 Å². The predicted octanol–water partition coefficient (Wildman–Crippen LogP) is -0.154. The van der Waals surface area contributed by atoms with Crippen molar-refractivity contribution in [2.45, 2.75) is 13.0 Å². The van der Waals surface area contributed by atoms with Crippen molar-refractivity contribution < 1.29 is 28.7 Å². The highest BCUT2D eigenvalue weighted by molar-refractivity contribution is 7.52. The maximum atomic E-state index is 10.9. The van der Waals surface area contributed by atoms with Crippen LogP contribution < -0.4 is 0 Å². The second-order valence-electron chi connectivity index (χ2n) is 4.16. The molecule has 0 spiro atoms. The van der Waals surface area contributed by atoms with Gasteiger partial charge in [0.25, 0.3) is 0 Å². The van der Waals surface area contributed by atoms with Crippen molar-refractivity contribution in [1.29, 1.82) is 0 Å². The molecule has 0 amide bonds. The van der Waals surface area contributed by atoms with Gasteiger partial charge < -0.3 is 24.1 Å². The summed E-state index contributed by atoms with van der Waals surface area (Å²) >= 11 is 0. The molecule has 0 bridgehead atoms. The van der Waals surface area contributed by atoms with E-state index in [0.717, 1.165) is 4.90 Å². The molecule has 0 saturated carbocycles. The lowest BCUT2D eigenvalue weighted by Crippen LogP contribution is -2.28. The van der Waals surface area contributed by atoms with E-state index in [1.54, 1.807) is 23.3 Å². The molecule has 0 saturated heterocycles. The maximum Gasteiger partial charge on any atom is 0.339 e. The Hall–Kier alpha value is -0.530. The maximum absolute atomic E-state index is 10.9. The molecule has 0 aliphatic heterocycles. The second-order valence-corrected chi connectivity index (χ2v) is 7.39. The Morgan fingerprint density at radius 3 is 2.11 bits per heavy atom. The van der Waals surface area contributed by atoms with Gasteiger partial charge in [-0.2, -0.15) is 0 Å². The van der Waals surface area contributed by atoms with Crippen molar-refractivity contribution in [1.82, 2.24) is 14.5 Å². The van der Waals surface area contributed by atoms with Crippen molar-refractivity contribution in [2.24, 2.45) is 0 Å². The predicted molar refractivity (Wildman–Crippen MR) is 67.4 cm³/mol. The van der Waals surface area contributed by atoms with Crippen molar-refractivity contribution in [3.63, 3.8) is 0 Å². The average Bonchev–Trinajstić information content (AvgIpc) is 2.64. The molecule has 0 fully saturated rings. The van der Waals surface area contributed by atoms with E-state index in [-0.39, 0.29) is 6.54 Å². The van der Waals surface area contributed by atoms with Gasteiger partial charge in [0.2, 0.25) is 0 Å². The summed E-state index contributed by atoms with van der Waals surface area (Å²) < 4.78 is 23.6. The van der Waals surface area contributed by atoms with Crippen LogP contribution in [0.3, 0.4) is 0 Å². The summed E-state index contributed by atoms with van der Waals surface area (Å²) in [4.78, 5) is 40.4. The molecular formula is C8H17N3O6P2. The standard InChI is InChI=1S/C8H17N3O6P2/c12-18(13,14)7-11(8-19(15,16)17)4-1-3-10-5-2-9-6-10/h2,5-6H,1,3-4,7-8H2,(H2,12,13,14)(H2,15,16,17). The minimum absolute atomic E-state index is 0.175. The van der Waals surface area contributed by atoms with Crippen LogP contribution in [0, 0.1) is 0 Å². The monoisotopic (exact) mass is 313 g/mol. The Kier molecular flexibility index (Phi) is 5.88. The van der Waals surface area contributed by atoms with Gasteiger partial charge in [-0.05, 0) is 6.42 Å². The molecule has 1 rings (SSSR count). The third-order valence-corrected chi connectivity index (χ3v) is 3.76. The van der Waals surface area contributed by atoms with E-state index < -0.39 is 27.8 Å². The van der Waals surface area contributed by atoms with Gasteiger partial charge in [0.15, 0.2) is 0 Å². The second kappa shape index (κ2) is 6.76. The number of nitrogens with zero attached hydrogens (tertiary/aromatic N) is 3. The van der Waals surface area contributed by atoms with E-state index in [2.05, 4.69) is 4.98 Å². The van der Waals surface area contributed by atoms with Crippen molar-refractivity contribution in [3.05, 3.63) is 18.7 Å². The van der Waals surface area contributed by atoms with Gasteiger partial charge in [-0.15, -0.1) is 0 Å². The molecule has 9 nitrogen and oxygen atoms in total. The van der Waals surface area contributed by atoms with Gasteiger partial charge in [-0.3, -0.25) is 14.0 Å². The van der Waals surface area contributed by atoms with Crippen LogP contribution in [0.25, 0.3) is 0 Å². The largest absolute Gasteiger partial charge is 0.339 e. The number of aromatic nitrogens is 2. The van der Waals surface area contributed by atoms with E-state index in [0.29, 0.717) is 13.0 Å². The van der Waals surface area contributed by atoms with Crippen LogP contribution >= 0.6 is 15.2 Å². The third kappa shape index (κ3) is 8.28. The van der Waals surface area contributed by atoms with Gasteiger partial charge in [-0.25, -0.2) is 4.98 Å². The quantitative estimate of drug-likeness (QED) is 0.486. The fraction of sp³-hybridized carbons (Fsp3) is 0.625. The van der Waals surface area contributed by atoms with Crippen LogP contribution in [0.4, 0.5) is 0 Å². The topological polar surface area (TPSA) is 136 Å². The summed E-state index contributed by atoms with van der Waals surface area (Å²) in [5, 5.41) is 0. The van der Waals surface area contributed by atoms with Crippen LogP contribution in [0.1, 0.15) is 6.42 Å². The Bertz CT molecular complexity index is 443. The first-order valence-electron chi connectivity index (χ1n) is 5.43. The van der Waals surface area contributed by atoms with Crippen molar-refractivity contribution in [3.8, 4) is 0 Å². The third-order valence-electron chi connectivity index (χ3n) is 2.22. The zero-order chi connectivity index (χ0) is 14.5. The summed E-state index contributed by atoms with van der Waals surface area (Å²) in [5.74, 6) is 0. The molecule has 0 radical (unpaired) electrons. The Morgan fingerprint density at radius 2 is 1.68 bits per heavy atom. The molecule has 0 unspecified atom stereocenters. The number of rotatable bonds is 8. The van der Waals surface area contributed by atoms with Gasteiger partial charge in [-0.1, -0.05) is 0 Å². The zero-order valence-corrected chi connectivity index (χ0v) is 11.9. The SMILES string of the molecule is O=P(O)(O)CN(CCCn1ccnc1)CP(=O)(O)O. The van der Waals surface area contributed by atoms with Gasteiger partial charge >= 0.3 is 15.2 Å². The van der Waals surface area contributed by atoms with E-state index in [1.165, 1.54) is 0 Å². The number of hydrogen-bond donors (Lipinski definition) is 4. The minimum atomic E-state index is -4.34. The summed E-state index contributed by atoms with van der Waals surface area (Å²) in [6, 6.07) is 0. The van der Waals surface area contributed by atoms with Crippen LogP contribution in [0.2, 0.25) is 0 Å². The number of imidazole rings is 1. The number of aryl methyl sites for hydroxylation is 1. The highest BCUT2D eigenvalue weighted by Crippen LogP contribution is 2.40. The molecule has 4 N–H and O–H groups in total. The van der Waals surface area contributed by atoms with Crippen molar-refractivity contribution in [2.75, 3.05) is 19.1 Å². The van der Waals surface area contributed by atoms with Gasteiger partial charge in [0.1, 0.15) is 12.6 Å². The molecule has 1 heterocycles. The molecule has 19 heavy (non-hydrogen) atoms. The minimum Gasteiger partial charge on any atom is -0.337 e. The average molecular weight is 313 g/mol. The highest BCUT2D eigenvalue weighted by atomic mass is 31.2. The zero-order valence-electron chi connectivity index (χ0n) is 10.1. The van der Waals surface area contributed by atoms with Crippen LogP contribution in [0.5, 0.6) is 0 Å². The summed E-state index contributed by atoms with van der Waals surface area (Å²) in [5.41, 5.74) is 0. The van der Waals surface area contributed by atoms with E-state index in [9.17, 15) is 9.13 Å². The lowest BCUT2D eigenvalue weighted by Gasteiger charge is -2.22. The van der Waals surface area contributed by atoms with E-state index in [1.807, 2.05) is 0 Å². The summed E-state index contributed by atoms with van der Waals surface area (Å²) in [6.45, 7) is 0.729. The molecule has 0 atom stereocenters. The summed E-state index contributed by atoms with van der Waals surface area (Å²) in [7, 11) is -8.69. The first-order valence-corrected chi connectivity index (χ1v) is 9.02. The van der Waals surface area contributed by atoms with Gasteiger partial charge in [0, 0.05) is 25.5 Å². The van der Waals surface area contributed by atoms with Crippen LogP contribution in [-0.2, 0) is 15.7 Å². The normalized spacial score (nSPS) is 13.1. The fourth-order valence-corrected chi connectivity index (χ4v) is 3.29. The van der Waals surface area contributed by atoms with Crippen LogP contribution in [-0.4, -0.2) is 53.1 Å².